The molecule has 6 nitrogen and oxygen atoms in total. The number of aromatic nitrogens is 1. The van der Waals surface area contributed by atoms with Gasteiger partial charge in [0.05, 0.1) is 17.4 Å². The van der Waals surface area contributed by atoms with Crippen molar-refractivity contribution < 1.29 is 14.3 Å². The quantitative estimate of drug-likeness (QED) is 0.903. The van der Waals surface area contributed by atoms with Crippen molar-refractivity contribution in [2.45, 2.75) is 31.7 Å². The largest absolute Gasteiger partial charge is 0.454 e. The second-order valence-corrected chi connectivity index (χ2v) is 6.11. The van der Waals surface area contributed by atoms with Gasteiger partial charge in [-0.2, -0.15) is 0 Å². The molecule has 1 aromatic carbocycles. The van der Waals surface area contributed by atoms with Gasteiger partial charge in [0, 0.05) is 24.0 Å². The SMILES string of the molecule is O=C(NC1CCCC1)c1cncc(Nc2ccc3c(c2)OCO3)c1. The van der Waals surface area contributed by atoms with Gasteiger partial charge in [0.25, 0.3) is 5.91 Å². The van der Waals surface area contributed by atoms with Crippen molar-refractivity contribution in [1.82, 2.24) is 10.3 Å². The van der Waals surface area contributed by atoms with E-state index in [-0.39, 0.29) is 12.7 Å². The minimum Gasteiger partial charge on any atom is -0.454 e. The number of fused-ring (bicyclic) bond motifs is 1. The summed E-state index contributed by atoms with van der Waals surface area (Å²) in [4.78, 5) is 16.5. The van der Waals surface area contributed by atoms with Crippen LogP contribution in [0.25, 0.3) is 0 Å². The first-order chi connectivity index (χ1) is 11.8. The number of nitrogens with zero attached hydrogens (tertiary/aromatic N) is 1. The van der Waals surface area contributed by atoms with Crippen molar-refractivity contribution in [1.29, 1.82) is 0 Å². The predicted molar refractivity (Wildman–Crippen MR) is 89.8 cm³/mol. The van der Waals surface area contributed by atoms with E-state index in [2.05, 4.69) is 15.6 Å². The highest BCUT2D eigenvalue weighted by Crippen LogP contribution is 2.35. The van der Waals surface area contributed by atoms with E-state index >= 15 is 0 Å². The van der Waals surface area contributed by atoms with Crippen LogP contribution >= 0.6 is 0 Å². The molecule has 0 bridgehead atoms. The number of pyridine rings is 1. The number of hydrogen-bond acceptors (Lipinski definition) is 5. The standard InChI is InChI=1S/C18H19N3O3/c22-18(21-13-3-1-2-4-13)12-7-15(10-19-9-12)20-14-5-6-16-17(8-14)24-11-23-16/h5-10,13,20H,1-4,11H2,(H,21,22). The maximum atomic E-state index is 12.3. The molecule has 2 heterocycles. The van der Waals surface area contributed by atoms with E-state index in [0.29, 0.717) is 17.4 Å². The van der Waals surface area contributed by atoms with Crippen LogP contribution in [0.1, 0.15) is 36.0 Å². The fraction of sp³-hybridized carbons (Fsp3) is 0.333. The molecular formula is C18H19N3O3. The molecule has 0 unspecified atom stereocenters. The minimum absolute atomic E-state index is 0.0660. The van der Waals surface area contributed by atoms with Gasteiger partial charge >= 0.3 is 0 Å². The van der Waals surface area contributed by atoms with Crippen LogP contribution in [0, 0.1) is 0 Å². The fourth-order valence-corrected chi connectivity index (χ4v) is 3.11. The number of carbonyl (C=O) groups is 1. The number of carbonyl (C=O) groups excluding carboxylic acids is 1. The highest BCUT2D eigenvalue weighted by atomic mass is 16.7. The van der Waals surface area contributed by atoms with Gasteiger partial charge in [-0.3, -0.25) is 9.78 Å². The third-order valence-corrected chi connectivity index (χ3v) is 4.35. The third-order valence-electron chi connectivity index (χ3n) is 4.35. The van der Waals surface area contributed by atoms with Crippen LogP contribution in [-0.4, -0.2) is 23.7 Å². The lowest BCUT2D eigenvalue weighted by Gasteiger charge is -2.12. The van der Waals surface area contributed by atoms with Crippen molar-refractivity contribution in [2.24, 2.45) is 0 Å². The molecule has 24 heavy (non-hydrogen) atoms. The first kappa shape index (κ1) is 14.8. The number of rotatable bonds is 4. The summed E-state index contributed by atoms with van der Waals surface area (Å²) in [7, 11) is 0. The Bertz CT molecular complexity index is 757. The van der Waals surface area contributed by atoms with Crippen LogP contribution < -0.4 is 20.1 Å². The number of amides is 1. The summed E-state index contributed by atoms with van der Waals surface area (Å²) < 4.78 is 10.7. The van der Waals surface area contributed by atoms with Gasteiger partial charge in [-0.25, -0.2) is 0 Å². The first-order valence-corrected chi connectivity index (χ1v) is 8.20. The Morgan fingerprint density at radius 1 is 1.04 bits per heavy atom. The van der Waals surface area contributed by atoms with Crippen molar-refractivity contribution in [3.05, 3.63) is 42.2 Å². The number of hydrogen-bond donors (Lipinski definition) is 2. The number of nitrogens with one attached hydrogen (secondary N) is 2. The maximum Gasteiger partial charge on any atom is 0.253 e. The van der Waals surface area contributed by atoms with E-state index in [4.69, 9.17) is 9.47 Å². The Labute approximate surface area is 140 Å². The minimum atomic E-state index is -0.0660. The number of benzene rings is 1. The Balaban J connectivity index is 1.47. The first-order valence-electron chi connectivity index (χ1n) is 8.20. The topological polar surface area (TPSA) is 72.5 Å². The molecule has 0 saturated heterocycles. The molecule has 1 aromatic heterocycles. The zero-order chi connectivity index (χ0) is 16.4. The summed E-state index contributed by atoms with van der Waals surface area (Å²) >= 11 is 0. The van der Waals surface area contributed by atoms with Crippen molar-refractivity contribution in [2.75, 3.05) is 12.1 Å². The van der Waals surface area contributed by atoms with Crippen LogP contribution in [0.2, 0.25) is 0 Å². The Morgan fingerprint density at radius 3 is 2.75 bits per heavy atom. The molecular weight excluding hydrogens is 306 g/mol. The lowest BCUT2D eigenvalue weighted by molar-refractivity contribution is 0.0937. The molecule has 1 saturated carbocycles. The summed E-state index contributed by atoms with van der Waals surface area (Å²) in [6.45, 7) is 0.247. The van der Waals surface area contributed by atoms with Crippen LogP contribution in [-0.2, 0) is 0 Å². The fourth-order valence-electron chi connectivity index (χ4n) is 3.11. The van der Waals surface area contributed by atoms with Gasteiger partial charge in [-0.05, 0) is 31.0 Å². The molecule has 1 aliphatic heterocycles. The molecule has 0 radical (unpaired) electrons. The second-order valence-electron chi connectivity index (χ2n) is 6.11. The number of anilines is 2. The average molecular weight is 325 g/mol. The second kappa shape index (κ2) is 6.39. The predicted octanol–water partition coefficient (Wildman–Crippen LogP) is 3.23. The molecule has 1 fully saturated rings. The molecule has 1 aliphatic carbocycles. The van der Waals surface area contributed by atoms with Gasteiger partial charge in [0.2, 0.25) is 6.79 Å². The summed E-state index contributed by atoms with van der Waals surface area (Å²) in [6, 6.07) is 7.73. The highest BCUT2D eigenvalue weighted by molar-refractivity contribution is 5.95. The summed E-state index contributed by atoms with van der Waals surface area (Å²) in [5.74, 6) is 1.38. The van der Waals surface area contributed by atoms with E-state index in [1.165, 1.54) is 12.8 Å². The Kier molecular flexibility index (Phi) is 3.94. The van der Waals surface area contributed by atoms with Crippen LogP contribution in [0.15, 0.2) is 36.7 Å². The highest BCUT2D eigenvalue weighted by Gasteiger charge is 2.18. The Morgan fingerprint density at radius 2 is 1.88 bits per heavy atom. The van der Waals surface area contributed by atoms with E-state index < -0.39 is 0 Å². The zero-order valence-corrected chi connectivity index (χ0v) is 13.2. The number of ether oxygens (including phenoxy) is 2. The molecule has 2 N–H and O–H groups in total. The summed E-state index contributed by atoms with van der Waals surface area (Å²) in [6.07, 6.45) is 7.79. The van der Waals surface area contributed by atoms with Gasteiger partial charge in [-0.15, -0.1) is 0 Å². The van der Waals surface area contributed by atoms with Crippen LogP contribution in [0.5, 0.6) is 11.5 Å². The maximum absolute atomic E-state index is 12.3. The monoisotopic (exact) mass is 325 g/mol. The molecule has 2 aliphatic rings. The Hall–Kier alpha value is -2.76. The van der Waals surface area contributed by atoms with Crippen LogP contribution in [0.3, 0.4) is 0 Å². The van der Waals surface area contributed by atoms with Gasteiger partial charge in [-0.1, -0.05) is 12.8 Å². The van der Waals surface area contributed by atoms with E-state index in [0.717, 1.165) is 30.0 Å². The van der Waals surface area contributed by atoms with Crippen LogP contribution in [0.4, 0.5) is 11.4 Å². The molecule has 4 rings (SSSR count). The van der Waals surface area contributed by atoms with E-state index in [1.54, 1.807) is 12.4 Å². The molecule has 124 valence electrons. The van der Waals surface area contributed by atoms with Crippen molar-refractivity contribution >= 4 is 17.3 Å². The van der Waals surface area contributed by atoms with Gasteiger partial charge in [0.15, 0.2) is 11.5 Å². The molecule has 6 heteroatoms. The molecule has 2 aromatic rings. The molecule has 0 atom stereocenters. The molecule has 0 spiro atoms. The average Bonchev–Trinajstić information content (AvgIpc) is 3.26. The van der Waals surface area contributed by atoms with E-state index in [9.17, 15) is 4.79 Å². The van der Waals surface area contributed by atoms with Crippen molar-refractivity contribution in [3.8, 4) is 11.5 Å². The van der Waals surface area contributed by atoms with Gasteiger partial charge < -0.3 is 20.1 Å². The van der Waals surface area contributed by atoms with Crippen molar-refractivity contribution in [3.63, 3.8) is 0 Å². The molecule has 1 amide bonds. The summed E-state index contributed by atoms with van der Waals surface area (Å²) in [5.41, 5.74) is 2.18. The lowest BCUT2D eigenvalue weighted by atomic mass is 10.2. The summed E-state index contributed by atoms with van der Waals surface area (Å²) in [5, 5.41) is 6.32. The third kappa shape index (κ3) is 3.13. The lowest BCUT2D eigenvalue weighted by Crippen LogP contribution is -2.32. The normalized spacial score (nSPS) is 16.2. The van der Waals surface area contributed by atoms with Gasteiger partial charge in [0.1, 0.15) is 0 Å². The van der Waals surface area contributed by atoms with E-state index in [1.807, 2.05) is 24.3 Å². The smallest absolute Gasteiger partial charge is 0.253 e. The zero-order valence-electron chi connectivity index (χ0n) is 13.2.